The third kappa shape index (κ3) is 5.58. The molecule has 0 atom stereocenters. The summed E-state index contributed by atoms with van der Waals surface area (Å²) < 4.78 is 5.71. The average molecular weight is 305 g/mol. The van der Waals surface area contributed by atoms with Crippen LogP contribution in [0, 0.1) is 5.92 Å². The molecule has 112 valence electrons. The lowest BCUT2D eigenvalue weighted by atomic mass is 9.95. The van der Waals surface area contributed by atoms with Gasteiger partial charge < -0.3 is 15.4 Å². The Labute approximate surface area is 127 Å². The van der Waals surface area contributed by atoms with Gasteiger partial charge in [-0.25, -0.2) is 0 Å². The Bertz CT molecular complexity index is 277. The molecule has 0 bridgehead atoms. The molecular weight excluding hydrogens is 276 g/mol. The molecule has 0 spiro atoms. The molecule has 0 saturated carbocycles. The van der Waals surface area contributed by atoms with Crippen molar-refractivity contribution < 1.29 is 4.74 Å². The zero-order chi connectivity index (χ0) is 14.3. The molecule has 0 aromatic heterocycles. The van der Waals surface area contributed by atoms with Crippen LogP contribution < -0.4 is 5.73 Å². The van der Waals surface area contributed by atoms with E-state index in [0.29, 0.717) is 4.99 Å². The van der Waals surface area contributed by atoms with Gasteiger partial charge >= 0.3 is 0 Å². The topological polar surface area (TPSA) is 38.5 Å². The van der Waals surface area contributed by atoms with Crippen molar-refractivity contribution >= 4 is 29.0 Å². The van der Waals surface area contributed by atoms with Gasteiger partial charge in [0.15, 0.2) is 0 Å². The minimum atomic E-state index is 0.0321. The third-order valence-corrected chi connectivity index (χ3v) is 5.82. The SMILES string of the molecule is CSC1(C(N)=S)CCN(CCOCCC(C)C)CC1. The van der Waals surface area contributed by atoms with Crippen molar-refractivity contribution in [3.63, 3.8) is 0 Å². The fraction of sp³-hybridized carbons (Fsp3) is 0.929. The van der Waals surface area contributed by atoms with E-state index < -0.39 is 0 Å². The summed E-state index contributed by atoms with van der Waals surface area (Å²) >= 11 is 7.04. The first-order valence-corrected chi connectivity index (χ1v) is 8.78. The van der Waals surface area contributed by atoms with E-state index in [1.165, 1.54) is 0 Å². The van der Waals surface area contributed by atoms with Gasteiger partial charge in [0.05, 0.1) is 16.3 Å². The van der Waals surface area contributed by atoms with E-state index in [-0.39, 0.29) is 4.75 Å². The van der Waals surface area contributed by atoms with Gasteiger partial charge in [-0.1, -0.05) is 26.1 Å². The Balaban J connectivity index is 2.18. The van der Waals surface area contributed by atoms with Crippen molar-refractivity contribution in [1.29, 1.82) is 0 Å². The molecule has 1 saturated heterocycles. The first kappa shape index (κ1) is 17.2. The van der Waals surface area contributed by atoms with Crippen molar-refractivity contribution in [3.05, 3.63) is 0 Å². The highest BCUT2D eigenvalue weighted by atomic mass is 32.2. The van der Waals surface area contributed by atoms with E-state index in [9.17, 15) is 0 Å². The molecule has 2 N–H and O–H groups in total. The summed E-state index contributed by atoms with van der Waals surface area (Å²) in [7, 11) is 0. The van der Waals surface area contributed by atoms with E-state index in [1.807, 2.05) is 11.8 Å². The van der Waals surface area contributed by atoms with E-state index in [1.54, 1.807) is 0 Å². The minimum absolute atomic E-state index is 0.0321. The predicted molar refractivity (Wildman–Crippen MR) is 89.0 cm³/mol. The number of nitrogens with two attached hydrogens (primary N) is 1. The van der Waals surface area contributed by atoms with Gasteiger partial charge in [-0.2, -0.15) is 11.8 Å². The van der Waals surface area contributed by atoms with Crippen LogP contribution in [0.3, 0.4) is 0 Å². The number of hydrogen-bond acceptors (Lipinski definition) is 4. The number of piperidine rings is 1. The molecule has 1 aliphatic rings. The maximum Gasteiger partial charge on any atom is 0.0891 e. The molecule has 1 aliphatic heterocycles. The Morgan fingerprint density at radius 1 is 1.37 bits per heavy atom. The van der Waals surface area contributed by atoms with Crippen molar-refractivity contribution in [2.24, 2.45) is 11.7 Å². The first-order chi connectivity index (χ1) is 9.00. The van der Waals surface area contributed by atoms with Gasteiger partial charge in [-0.05, 0) is 44.5 Å². The lowest BCUT2D eigenvalue weighted by molar-refractivity contribution is 0.0886. The summed E-state index contributed by atoms with van der Waals surface area (Å²) in [5.74, 6) is 0.725. The van der Waals surface area contributed by atoms with Crippen LogP contribution in [0.1, 0.15) is 33.1 Å². The van der Waals surface area contributed by atoms with Crippen LogP contribution in [-0.2, 0) is 4.74 Å². The summed E-state index contributed by atoms with van der Waals surface area (Å²) in [4.78, 5) is 3.13. The van der Waals surface area contributed by atoms with Gasteiger partial charge in [0.2, 0.25) is 0 Å². The smallest absolute Gasteiger partial charge is 0.0891 e. The van der Waals surface area contributed by atoms with Crippen molar-refractivity contribution in [1.82, 2.24) is 4.90 Å². The summed E-state index contributed by atoms with van der Waals surface area (Å²) in [5, 5.41) is 0. The van der Waals surface area contributed by atoms with Crippen LogP contribution in [0.5, 0.6) is 0 Å². The molecule has 5 heteroatoms. The number of nitrogens with zero attached hydrogens (tertiary/aromatic N) is 1. The van der Waals surface area contributed by atoms with Crippen LogP contribution in [0.2, 0.25) is 0 Å². The molecule has 0 aromatic carbocycles. The molecule has 0 amide bonds. The van der Waals surface area contributed by atoms with Crippen LogP contribution in [-0.4, -0.2) is 53.7 Å². The Morgan fingerprint density at radius 3 is 2.47 bits per heavy atom. The van der Waals surface area contributed by atoms with Crippen LogP contribution in [0.25, 0.3) is 0 Å². The molecule has 1 rings (SSSR count). The Morgan fingerprint density at radius 2 is 2.00 bits per heavy atom. The highest BCUT2D eigenvalue weighted by Crippen LogP contribution is 2.34. The molecule has 3 nitrogen and oxygen atoms in total. The highest BCUT2D eigenvalue weighted by molar-refractivity contribution is 8.02. The number of hydrogen-bond donors (Lipinski definition) is 1. The molecule has 0 unspecified atom stereocenters. The quantitative estimate of drug-likeness (QED) is 0.551. The number of thioether (sulfide) groups is 1. The normalized spacial score (nSPS) is 19.8. The highest BCUT2D eigenvalue weighted by Gasteiger charge is 2.36. The Hall–Kier alpha value is 0.160. The van der Waals surface area contributed by atoms with E-state index >= 15 is 0 Å². The standard InChI is InChI=1S/C14H28N2OS2/c1-12(2)4-10-17-11-9-16-7-5-14(19-3,6-8-16)13(15)18/h12H,4-11H2,1-3H3,(H2,15,18). The fourth-order valence-electron chi connectivity index (χ4n) is 2.30. The summed E-state index contributed by atoms with van der Waals surface area (Å²) in [5.41, 5.74) is 5.89. The second kappa shape index (κ2) is 8.45. The van der Waals surface area contributed by atoms with Crippen molar-refractivity contribution in [3.8, 4) is 0 Å². The van der Waals surface area contributed by atoms with Crippen LogP contribution in [0.15, 0.2) is 0 Å². The van der Waals surface area contributed by atoms with Gasteiger partial charge in [0, 0.05) is 13.2 Å². The van der Waals surface area contributed by atoms with Crippen molar-refractivity contribution in [2.45, 2.75) is 37.9 Å². The van der Waals surface area contributed by atoms with E-state index in [2.05, 4.69) is 25.0 Å². The zero-order valence-corrected chi connectivity index (χ0v) is 14.1. The third-order valence-electron chi connectivity index (χ3n) is 3.89. The first-order valence-electron chi connectivity index (χ1n) is 7.15. The maximum atomic E-state index is 5.89. The van der Waals surface area contributed by atoms with E-state index in [0.717, 1.165) is 58.0 Å². The van der Waals surface area contributed by atoms with Gasteiger partial charge in [-0.15, -0.1) is 0 Å². The summed E-state index contributed by atoms with van der Waals surface area (Å²) in [6.07, 6.45) is 5.39. The minimum Gasteiger partial charge on any atom is -0.392 e. The molecule has 1 heterocycles. The van der Waals surface area contributed by atoms with Crippen LogP contribution >= 0.6 is 24.0 Å². The molecule has 0 radical (unpaired) electrons. The fourth-order valence-corrected chi connectivity index (χ4v) is 3.55. The van der Waals surface area contributed by atoms with Crippen LogP contribution in [0.4, 0.5) is 0 Å². The van der Waals surface area contributed by atoms with Gasteiger partial charge in [0.1, 0.15) is 0 Å². The molecule has 1 fully saturated rings. The predicted octanol–water partition coefficient (Wildman–Crippen LogP) is 2.53. The maximum absolute atomic E-state index is 5.89. The lowest BCUT2D eigenvalue weighted by Crippen LogP contribution is -2.49. The van der Waals surface area contributed by atoms with Crippen molar-refractivity contribution in [2.75, 3.05) is 39.1 Å². The average Bonchev–Trinajstić information content (AvgIpc) is 2.38. The second-order valence-corrected chi connectivity index (χ2v) is 7.33. The lowest BCUT2D eigenvalue weighted by Gasteiger charge is -2.40. The molecule has 0 aromatic rings. The number of ether oxygens (including phenoxy) is 1. The van der Waals surface area contributed by atoms with Gasteiger partial charge in [-0.3, -0.25) is 0 Å². The number of thiocarbonyl (C=S) groups is 1. The van der Waals surface area contributed by atoms with E-state index in [4.69, 9.17) is 22.7 Å². The Kier molecular flexibility index (Phi) is 7.65. The molecule has 0 aliphatic carbocycles. The molecule has 19 heavy (non-hydrogen) atoms. The number of likely N-dealkylation sites (tertiary alicyclic amines) is 1. The monoisotopic (exact) mass is 304 g/mol. The largest absolute Gasteiger partial charge is 0.392 e. The van der Waals surface area contributed by atoms with Gasteiger partial charge in [0.25, 0.3) is 0 Å². The zero-order valence-electron chi connectivity index (χ0n) is 12.5. The summed E-state index contributed by atoms with van der Waals surface area (Å²) in [6, 6.07) is 0. The summed E-state index contributed by atoms with van der Waals surface area (Å²) in [6.45, 7) is 9.36. The second-order valence-electron chi connectivity index (χ2n) is 5.70. The molecular formula is C14H28N2OS2. The number of rotatable bonds is 8.